The van der Waals surface area contributed by atoms with E-state index in [2.05, 4.69) is 5.32 Å². The number of benzene rings is 2. The van der Waals surface area contributed by atoms with Crippen LogP contribution in [0.4, 0.5) is 18.9 Å². The van der Waals surface area contributed by atoms with Gasteiger partial charge in [-0.05, 0) is 50.1 Å². The molecule has 7 nitrogen and oxygen atoms in total. The molecule has 2 rings (SSSR count). The fourth-order valence-corrected chi connectivity index (χ4v) is 4.62. The van der Waals surface area contributed by atoms with Crippen molar-refractivity contribution in [1.82, 2.24) is 10.2 Å². The van der Waals surface area contributed by atoms with Crippen molar-refractivity contribution in [3.8, 4) is 0 Å². The van der Waals surface area contributed by atoms with E-state index in [1.165, 1.54) is 6.92 Å². The molecule has 2 aromatic carbocycles. The van der Waals surface area contributed by atoms with E-state index in [9.17, 15) is 31.2 Å². The molecule has 37 heavy (non-hydrogen) atoms. The monoisotopic (exact) mass is 581 g/mol. The molecule has 0 aliphatic carbocycles. The Hall–Kier alpha value is -2.50. The maximum absolute atomic E-state index is 13.5. The Bertz CT molecular complexity index is 1240. The minimum Gasteiger partial charge on any atom is -0.352 e. The first-order chi connectivity index (χ1) is 17.1. The zero-order valence-electron chi connectivity index (χ0n) is 20.6. The topological polar surface area (TPSA) is 86.8 Å². The molecule has 0 fully saturated rings. The summed E-state index contributed by atoms with van der Waals surface area (Å²) in [5.74, 6) is -1.30. The normalized spacial score (nSPS) is 13.5. The van der Waals surface area contributed by atoms with E-state index in [0.717, 1.165) is 23.3 Å². The lowest BCUT2D eigenvalue weighted by Crippen LogP contribution is -2.52. The summed E-state index contributed by atoms with van der Waals surface area (Å²) in [6.45, 7) is 4.13. The van der Waals surface area contributed by atoms with Gasteiger partial charge in [0, 0.05) is 17.6 Å². The molecule has 0 aliphatic rings. The Morgan fingerprint density at radius 3 is 2.22 bits per heavy atom. The van der Waals surface area contributed by atoms with Crippen molar-refractivity contribution in [1.29, 1.82) is 0 Å². The molecule has 0 unspecified atom stereocenters. The van der Waals surface area contributed by atoms with E-state index in [1.54, 1.807) is 31.2 Å². The number of sulfonamides is 1. The number of alkyl halides is 3. The van der Waals surface area contributed by atoms with Gasteiger partial charge < -0.3 is 10.2 Å². The minimum atomic E-state index is -4.85. The zero-order valence-corrected chi connectivity index (χ0v) is 23.0. The Morgan fingerprint density at radius 1 is 1.05 bits per heavy atom. The first-order valence-electron chi connectivity index (χ1n) is 11.2. The van der Waals surface area contributed by atoms with Crippen molar-refractivity contribution in [3.05, 3.63) is 63.6 Å². The van der Waals surface area contributed by atoms with Gasteiger partial charge in [0.1, 0.15) is 12.6 Å². The van der Waals surface area contributed by atoms with Crippen LogP contribution in [0.1, 0.15) is 38.3 Å². The predicted molar refractivity (Wildman–Crippen MR) is 138 cm³/mol. The number of carbonyl (C=O) groups is 2. The highest BCUT2D eigenvalue weighted by atomic mass is 35.5. The van der Waals surface area contributed by atoms with E-state index >= 15 is 0 Å². The van der Waals surface area contributed by atoms with E-state index in [-0.39, 0.29) is 12.6 Å². The van der Waals surface area contributed by atoms with Crippen molar-refractivity contribution in [2.45, 2.75) is 52.0 Å². The van der Waals surface area contributed by atoms with Gasteiger partial charge >= 0.3 is 6.18 Å². The molecule has 2 amide bonds. The molecule has 0 aliphatic heterocycles. The number of halogens is 5. The molecular weight excluding hydrogens is 554 g/mol. The van der Waals surface area contributed by atoms with Crippen LogP contribution in [0, 0.1) is 0 Å². The summed E-state index contributed by atoms with van der Waals surface area (Å²) in [7, 11) is -4.22. The number of anilines is 1. The van der Waals surface area contributed by atoms with Crippen LogP contribution in [0.15, 0.2) is 42.5 Å². The standard InChI is InChI=1S/C24H28Cl2F3N3O4S/c1-5-15(2)30-23(34)16(3)31(13-17-8-6-7-9-20(17)25)22(33)14-32(37(4,35)36)18-10-11-21(26)19(12-18)24(27,28)29/h6-12,15-16H,5,13-14H2,1-4H3,(H,30,34)/t15-,16+/m1/s1. The summed E-state index contributed by atoms with van der Waals surface area (Å²) in [6, 6.07) is 7.92. The Morgan fingerprint density at radius 2 is 1.68 bits per heavy atom. The third-order valence-electron chi connectivity index (χ3n) is 5.69. The number of hydrogen-bond acceptors (Lipinski definition) is 4. The van der Waals surface area contributed by atoms with Gasteiger partial charge in [-0.15, -0.1) is 0 Å². The van der Waals surface area contributed by atoms with Gasteiger partial charge in [-0.2, -0.15) is 13.2 Å². The first kappa shape index (κ1) is 30.7. The summed E-state index contributed by atoms with van der Waals surface area (Å²) in [5, 5.41) is 2.48. The van der Waals surface area contributed by atoms with E-state index in [4.69, 9.17) is 23.2 Å². The zero-order chi connectivity index (χ0) is 28.1. The highest BCUT2D eigenvalue weighted by molar-refractivity contribution is 7.92. The smallest absolute Gasteiger partial charge is 0.352 e. The maximum atomic E-state index is 13.5. The molecule has 0 saturated heterocycles. The number of nitrogens with one attached hydrogen (secondary N) is 1. The fraction of sp³-hybridized carbons (Fsp3) is 0.417. The molecule has 13 heteroatoms. The van der Waals surface area contributed by atoms with Crippen LogP contribution in [-0.4, -0.2) is 50.0 Å². The number of carbonyl (C=O) groups excluding carboxylic acids is 2. The summed E-state index contributed by atoms with van der Waals surface area (Å²) in [4.78, 5) is 27.5. The molecule has 204 valence electrons. The number of hydrogen-bond donors (Lipinski definition) is 1. The Kier molecular flexibility index (Phi) is 10.3. The quantitative estimate of drug-likeness (QED) is 0.422. The average Bonchev–Trinajstić information content (AvgIpc) is 2.80. The van der Waals surface area contributed by atoms with Crippen LogP contribution in [0.2, 0.25) is 10.0 Å². The Labute approximate surface area is 224 Å². The molecule has 0 aromatic heterocycles. The lowest BCUT2D eigenvalue weighted by molar-refractivity contribution is -0.139. The lowest BCUT2D eigenvalue weighted by atomic mass is 10.1. The molecule has 0 spiro atoms. The van der Waals surface area contributed by atoms with Crippen molar-refractivity contribution >= 4 is 50.7 Å². The van der Waals surface area contributed by atoms with Gasteiger partial charge in [0.25, 0.3) is 0 Å². The molecule has 0 heterocycles. The van der Waals surface area contributed by atoms with Crippen LogP contribution in [0.5, 0.6) is 0 Å². The predicted octanol–water partition coefficient (Wildman–Crippen LogP) is 5.11. The molecule has 2 atom stereocenters. The highest BCUT2D eigenvalue weighted by Crippen LogP contribution is 2.37. The second-order valence-electron chi connectivity index (χ2n) is 8.54. The maximum Gasteiger partial charge on any atom is 0.417 e. The summed E-state index contributed by atoms with van der Waals surface area (Å²) >= 11 is 11.9. The van der Waals surface area contributed by atoms with Gasteiger partial charge in [-0.25, -0.2) is 8.42 Å². The van der Waals surface area contributed by atoms with Crippen LogP contribution in [0.3, 0.4) is 0 Å². The number of rotatable bonds is 10. The van der Waals surface area contributed by atoms with E-state index < -0.39 is 56.9 Å². The van der Waals surface area contributed by atoms with Crippen molar-refractivity contribution in [2.24, 2.45) is 0 Å². The summed E-state index contributed by atoms with van der Waals surface area (Å²) < 4.78 is 65.9. The molecule has 0 bridgehead atoms. The molecule has 0 saturated carbocycles. The van der Waals surface area contributed by atoms with Gasteiger partial charge in [-0.1, -0.05) is 48.3 Å². The minimum absolute atomic E-state index is 0.139. The average molecular weight is 582 g/mol. The third kappa shape index (κ3) is 8.24. The summed E-state index contributed by atoms with van der Waals surface area (Å²) in [5.41, 5.74) is -1.15. The molecule has 1 N–H and O–H groups in total. The van der Waals surface area contributed by atoms with Crippen LogP contribution in [-0.2, 0) is 32.3 Å². The largest absolute Gasteiger partial charge is 0.417 e. The van der Waals surface area contributed by atoms with E-state index in [0.29, 0.717) is 27.4 Å². The highest BCUT2D eigenvalue weighted by Gasteiger charge is 2.35. The Balaban J connectivity index is 2.49. The van der Waals surface area contributed by atoms with Gasteiger partial charge in [0.2, 0.25) is 21.8 Å². The van der Waals surface area contributed by atoms with Crippen LogP contribution >= 0.6 is 23.2 Å². The number of nitrogens with zero attached hydrogens (tertiary/aromatic N) is 2. The SMILES string of the molecule is CC[C@@H](C)NC(=O)[C@H](C)N(Cc1ccccc1Cl)C(=O)CN(c1ccc(Cl)c(C(F)(F)F)c1)S(C)(=O)=O. The summed E-state index contributed by atoms with van der Waals surface area (Å²) in [6.07, 6.45) is -3.45. The first-order valence-corrected chi connectivity index (χ1v) is 13.8. The lowest BCUT2D eigenvalue weighted by Gasteiger charge is -2.32. The number of amides is 2. The second-order valence-corrected chi connectivity index (χ2v) is 11.3. The second kappa shape index (κ2) is 12.4. The van der Waals surface area contributed by atoms with Crippen LogP contribution < -0.4 is 9.62 Å². The molecule has 2 aromatic rings. The van der Waals surface area contributed by atoms with Gasteiger partial charge in [0.05, 0.1) is 22.5 Å². The van der Waals surface area contributed by atoms with Crippen molar-refractivity contribution < 1.29 is 31.2 Å². The molecular formula is C24H28Cl2F3N3O4S. The van der Waals surface area contributed by atoms with Gasteiger partial charge in [0.15, 0.2) is 0 Å². The fourth-order valence-electron chi connectivity index (χ4n) is 3.36. The van der Waals surface area contributed by atoms with Crippen LogP contribution in [0.25, 0.3) is 0 Å². The van der Waals surface area contributed by atoms with Crippen molar-refractivity contribution in [3.63, 3.8) is 0 Å². The van der Waals surface area contributed by atoms with E-state index in [1.807, 2.05) is 6.92 Å². The third-order valence-corrected chi connectivity index (χ3v) is 7.53. The molecule has 0 radical (unpaired) electrons. The van der Waals surface area contributed by atoms with Gasteiger partial charge in [-0.3, -0.25) is 13.9 Å². The van der Waals surface area contributed by atoms with Crippen molar-refractivity contribution in [2.75, 3.05) is 17.1 Å².